The minimum atomic E-state index is -3.51. The van der Waals surface area contributed by atoms with E-state index in [2.05, 4.69) is 26.4 Å². The van der Waals surface area contributed by atoms with Gasteiger partial charge in [-0.2, -0.15) is 0 Å². The Hall–Kier alpha value is -2.84. The van der Waals surface area contributed by atoms with Gasteiger partial charge in [-0.15, -0.1) is 0 Å². The number of ether oxygens (including phenoxy) is 1. The van der Waals surface area contributed by atoms with E-state index in [1.165, 1.54) is 0 Å². The van der Waals surface area contributed by atoms with Crippen LogP contribution in [0.1, 0.15) is 12.6 Å². The SMILES string of the molecule is C=C/C=C\C=C(/C)S(=O)(=O)Cc1cc(N2CCOCC2)nc(-c2ccncc2)n1. The van der Waals surface area contributed by atoms with Crippen LogP contribution in [0, 0.1) is 0 Å². The number of hydrogen-bond donors (Lipinski definition) is 0. The summed E-state index contributed by atoms with van der Waals surface area (Å²) in [5.41, 5.74) is 1.24. The maximum atomic E-state index is 12.8. The summed E-state index contributed by atoms with van der Waals surface area (Å²) in [5, 5.41) is 0. The predicted octanol–water partition coefficient (Wildman–Crippen LogP) is 2.94. The molecule has 2 aromatic rings. The second kappa shape index (κ2) is 9.58. The van der Waals surface area contributed by atoms with Crippen LogP contribution in [0.5, 0.6) is 0 Å². The average Bonchev–Trinajstić information content (AvgIpc) is 2.74. The third-order valence-corrected chi connectivity index (χ3v) is 6.24. The molecule has 0 radical (unpaired) electrons. The predicted molar refractivity (Wildman–Crippen MR) is 114 cm³/mol. The molecule has 0 amide bonds. The molecule has 29 heavy (non-hydrogen) atoms. The van der Waals surface area contributed by atoms with E-state index in [-0.39, 0.29) is 10.7 Å². The van der Waals surface area contributed by atoms with Crippen molar-refractivity contribution in [3.8, 4) is 11.4 Å². The molecule has 0 spiro atoms. The number of morpholine rings is 1. The molecule has 3 rings (SSSR count). The van der Waals surface area contributed by atoms with Gasteiger partial charge < -0.3 is 9.64 Å². The number of hydrogen-bond acceptors (Lipinski definition) is 7. The number of rotatable bonds is 7. The zero-order valence-electron chi connectivity index (χ0n) is 16.4. The van der Waals surface area contributed by atoms with Gasteiger partial charge in [0.2, 0.25) is 0 Å². The Morgan fingerprint density at radius 3 is 2.62 bits per heavy atom. The lowest BCUT2D eigenvalue weighted by molar-refractivity contribution is 0.122. The first-order chi connectivity index (χ1) is 14.0. The number of pyridine rings is 1. The minimum Gasteiger partial charge on any atom is -0.378 e. The van der Waals surface area contributed by atoms with Gasteiger partial charge in [0.05, 0.1) is 24.7 Å². The van der Waals surface area contributed by atoms with E-state index in [9.17, 15) is 8.42 Å². The molecule has 0 saturated carbocycles. The smallest absolute Gasteiger partial charge is 0.179 e. The van der Waals surface area contributed by atoms with E-state index in [1.807, 2.05) is 12.1 Å². The molecular formula is C21H24N4O3S. The highest BCUT2D eigenvalue weighted by Gasteiger charge is 2.20. The Kier molecular flexibility index (Phi) is 6.90. The minimum absolute atomic E-state index is 0.199. The lowest BCUT2D eigenvalue weighted by atomic mass is 10.2. The summed E-state index contributed by atoms with van der Waals surface area (Å²) < 4.78 is 31.0. The van der Waals surface area contributed by atoms with Gasteiger partial charge in [-0.1, -0.05) is 24.8 Å². The monoisotopic (exact) mass is 412 g/mol. The maximum absolute atomic E-state index is 12.8. The summed E-state index contributed by atoms with van der Waals surface area (Å²) in [6.07, 6.45) is 9.81. The van der Waals surface area contributed by atoms with Gasteiger partial charge in [0.25, 0.3) is 0 Å². The number of anilines is 1. The van der Waals surface area contributed by atoms with Crippen LogP contribution in [0.15, 0.2) is 66.4 Å². The number of nitrogens with zero attached hydrogens (tertiary/aromatic N) is 4. The lowest BCUT2D eigenvalue weighted by Crippen LogP contribution is -2.37. The third-order valence-electron chi connectivity index (χ3n) is 4.45. The fourth-order valence-electron chi connectivity index (χ4n) is 2.82. The molecule has 0 bridgehead atoms. The molecule has 0 atom stereocenters. The number of aromatic nitrogens is 3. The van der Waals surface area contributed by atoms with Crippen molar-refractivity contribution in [3.63, 3.8) is 0 Å². The molecule has 2 aromatic heterocycles. The van der Waals surface area contributed by atoms with E-state index >= 15 is 0 Å². The lowest BCUT2D eigenvalue weighted by Gasteiger charge is -2.28. The van der Waals surface area contributed by atoms with Crippen molar-refractivity contribution in [2.75, 3.05) is 31.2 Å². The van der Waals surface area contributed by atoms with E-state index in [1.54, 1.807) is 49.7 Å². The van der Waals surface area contributed by atoms with Crippen molar-refractivity contribution < 1.29 is 13.2 Å². The Morgan fingerprint density at radius 1 is 1.21 bits per heavy atom. The average molecular weight is 413 g/mol. The first-order valence-electron chi connectivity index (χ1n) is 9.29. The Morgan fingerprint density at radius 2 is 1.93 bits per heavy atom. The quantitative estimate of drug-likeness (QED) is 0.646. The molecule has 1 fully saturated rings. The van der Waals surface area contributed by atoms with Crippen molar-refractivity contribution in [2.24, 2.45) is 0 Å². The van der Waals surface area contributed by atoms with Crippen LogP contribution < -0.4 is 4.90 Å². The summed E-state index contributed by atoms with van der Waals surface area (Å²) in [4.78, 5) is 15.6. The molecule has 152 valence electrons. The molecule has 3 heterocycles. The van der Waals surface area contributed by atoms with Gasteiger partial charge in [-0.3, -0.25) is 4.98 Å². The van der Waals surface area contributed by atoms with Gasteiger partial charge in [-0.25, -0.2) is 18.4 Å². The van der Waals surface area contributed by atoms with Crippen LogP contribution in [-0.4, -0.2) is 49.7 Å². The summed E-state index contributed by atoms with van der Waals surface area (Å²) in [6, 6.07) is 5.37. The molecule has 1 aliphatic rings. The second-order valence-electron chi connectivity index (χ2n) is 6.53. The fraction of sp³-hybridized carbons (Fsp3) is 0.286. The number of allylic oxidation sites excluding steroid dienone is 5. The van der Waals surface area contributed by atoms with Crippen molar-refractivity contribution in [1.82, 2.24) is 15.0 Å². The first-order valence-corrected chi connectivity index (χ1v) is 10.9. The third kappa shape index (κ3) is 5.58. The van der Waals surface area contributed by atoms with Gasteiger partial charge in [0.15, 0.2) is 15.7 Å². The second-order valence-corrected chi connectivity index (χ2v) is 8.70. The fourth-order valence-corrected chi connectivity index (χ4v) is 3.87. The van der Waals surface area contributed by atoms with Gasteiger partial charge >= 0.3 is 0 Å². The van der Waals surface area contributed by atoms with Crippen molar-refractivity contribution >= 4 is 15.7 Å². The highest BCUT2D eigenvalue weighted by Crippen LogP contribution is 2.23. The Bertz CT molecular complexity index is 1010. The molecule has 0 N–H and O–H groups in total. The Balaban J connectivity index is 1.97. The standard InChI is InChI=1S/C21H24N4O3S/c1-3-4-5-6-17(2)29(26,27)16-19-15-20(25-11-13-28-14-12-25)24-21(23-19)18-7-9-22-10-8-18/h3-10,15H,1,11-14,16H2,2H3/b5-4-,17-6+. The Labute approximate surface area is 171 Å². The highest BCUT2D eigenvalue weighted by molar-refractivity contribution is 7.94. The maximum Gasteiger partial charge on any atom is 0.179 e. The molecule has 8 heteroatoms. The summed E-state index contributed by atoms with van der Waals surface area (Å²) in [6.45, 7) is 7.78. The summed E-state index contributed by atoms with van der Waals surface area (Å²) in [5.74, 6) is 0.984. The van der Waals surface area contributed by atoms with Crippen molar-refractivity contribution in [1.29, 1.82) is 0 Å². The largest absolute Gasteiger partial charge is 0.378 e. The van der Waals surface area contributed by atoms with Gasteiger partial charge in [0, 0.05) is 42.0 Å². The van der Waals surface area contributed by atoms with Crippen molar-refractivity contribution in [3.05, 3.63) is 72.1 Å². The van der Waals surface area contributed by atoms with Crippen LogP contribution in [0.3, 0.4) is 0 Å². The number of sulfone groups is 1. The molecule has 1 saturated heterocycles. The zero-order chi connectivity index (χ0) is 20.7. The molecule has 0 unspecified atom stereocenters. The van der Waals surface area contributed by atoms with Crippen LogP contribution >= 0.6 is 0 Å². The summed E-state index contributed by atoms with van der Waals surface area (Å²) in [7, 11) is -3.51. The molecule has 0 aromatic carbocycles. The van der Waals surface area contributed by atoms with Crippen LogP contribution in [0.25, 0.3) is 11.4 Å². The van der Waals surface area contributed by atoms with Gasteiger partial charge in [0.1, 0.15) is 5.82 Å². The van der Waals surface area contributed by atoms with Crippen LogP contribution in [-0.2, 0) is 20.3 Å². The van der Waals surface area contributed by atoms with E-state index < -0.39 is 9.84 Å². The highest BCUT2D eigenvalue weighted by atomic mass is 32.2. The molecule has 7 nitrogen and oxygen atoms in total. The van der Waals surface area contributed by atoms with E-state index in [0.717, 1.165) is 5.56 Å². The molecule has 0 aliphatic carbocycles. The zero-order valence-corrected chi connectivity index (χ0v) is 17.2. The van der Waals surface area contributed by atoms with E-state index in [0.29, 0.717) is 43.6 Å². The molecule has 1 aliphatic heterocycles. The van der Waals surface area contributed by atoms with Crippen LogP contribution in [0.2, 0.25) is 0 Å². The summed E-state index contributed by atoms with van der Waals surface area (Å²) >= 11 is 0. The topological polar surface area (TPSA) is 85.3 Å². The molecular weight excluding hydrogens is 388 g/mol. The normalized spacial score (nSPS) is 15.6. The van der Waals surface area contributed by atoms with Crippen molar-refractivity contribution in [2.45, 2.75) is 12.7 Å². The van der Waals surface area contributed by atoms with Gasteiger partial charge in [-0.05, 0) is 25.1 Å². The van der Waals surface area contributed by atoms with Crippen LogP contribution in [0.4, 0.5) is 5.82 Å². The first kappa shape index (κ1) is 20.9. The van der Waals surface area contributed by atoms with E-state index in [4.69, 9.17) is 4.74 Å².